The number of hydrogen-bond acceptors (Lipinski definition) is 2. The van der Waals surface area contributed by atoms with E-state index in [-0.39, 0.29) is 0 Å². The number of likely N-dealkylation sites (N-methyl/N-ethyl adjacent to an activating group) is 1. The van der Waals surface area contributed by atoms with Gasteiger partial charge in [-0.15, -0.1) is 0 Å². The zero-order valence-corrected chi connectivity index (χ0v) is 13.2. The lowest BCUT2D eigenvalue weighted by Gasteiger charge is -2.20. The van der Waals surface area contributed by atoms with Crippen LogP contribution < -0.4 is 10.1 Å². The van der Waals surface area contributed by atoms with E-state index in [9.17, 15) is 0 Å². The molecule has 0 heterocycles. The van der Waals surface area contributed by atoms with Gasteiger partial charge >= 0.3 is 0 Å². The van der Waals surface area contributed by atoms with Gasteiger partial charge in [0, 0.05) is 6.04 Å². The molecule has 1 aromatic rings. The molecule has 2 rings (SSSR count). The molecule has 1 aliphatic carbocycles. The van der Waals surface area contributed by atoms with Gasteiger partial charge in [-0.2, -0.15) is 0 Å². The molecule has 0 bridgehead atoms. The Kier molecular flexibility index (Phi) is 5.90. The van der Waals surface area contributed by atoms with Crippen LogP contribution in [-0.4, -0.2) is 20.2 Å². The summed E-state index contributed by atoms with van der Waals surface area (Å²) < 4.78 is 5.50. The van der Waals surface area contributed by atoms with Crippen LogP contribution in [0.1, 0.15) is 49.7 Å². The lowest BCUT2D eigenvalue weighted by Crippen LogP contribution is -2.28. The smallest absolute Gasteiger partial charge is 0.122 e. The third kappa shape index (κ3) is 4.24. The lowest BCUT2D eigenvalue weighted by molar-refractivity contribution is 0.394. The summed E-state index contributed by atoms with van der Waals surface area (Å²) in [5, 5.41) is 3.49. The maximum atomic E-state index is 5.50. The van der Waals surface area contributed by atoms with Crippen LogP contribution in [-0.2, 0) is 6.42 Å². The number of methoxy groups -OCH3 is 1. The minimum atomic E-state index is 0.561. The van der Waals surface area contributed by atoms with E-state index in [1.807, 2.05) is 0 Å². The highest BCUT2D eigenvalue weighted by molar-refractivity contribution is 5.37. The van der Waals surface area contributed by atoms with Crippen molar-refractivity contribution in [1.82, 2.24) is 5.32 Å². The Hall–Kier alpha value is -1.02. The van der Waals surface area contributed by atoms with E-state index in [1.165, 1.54) is 49.7 Å². The van der Waals surface area contributed by atoms with Gasteiger partial charge in [-0.05, 0) is 50.8 Å². The van der Waals surface area contributed by atoms with Crippen LogP contribution in [0.4, 0.5) is 0 Å². The number of aryl methyl sites for hydroxylation is 1. The number of hydrogen-bond donors (Lipinski definition) is 1. The molecule has 0 amide bonds. The van der Waals surface area contributed by atoms with Crippen molar-refractivity contribution in [2.45, 2.75) is 57.9 Å². The quantitative estimate of drug-likeness (QED) is 0.808. The molecule has 0 aromatic heterocycles. The summed E-state index contributed by atoms with van der Waals surface area (Å²) in [4.78, 5) is 0. The van der Waals surface area contributed by atoms with Gasteiger partial charge in [-0.1, -0.05) is 43.4 Å². The molecule has 1 unspecified atom stereocenters. The van der Waals surface area contributed by atoms with Gasteiger partial charge in [-0.3, -0.25) is 0 Å². The molecule has 2 heteroatoms. The fourth-order valence-corrected chi connectivity index (χ4v) is 3.42. The first-order chi connectivity index (χ1) is 9.72. The van der Waals surface area contributed by atoms with Crippen molar-refractivity contribution in [1.29, 1.82) is 0 Å². The Morgan fingerprint density at radius 2 is 2.05 bits per heavy atom. The monoisotopic (exact) mass is 275 g/mol. The molecular weight excluding hydrogens is 246 g/mol. The highest BCUT2D eigenvalue weighted by Gasteiger charge is 2.18. The third-order valence-electron chi connectivity index (χ3n) is 4.71. The Balaban J connectivity index is 1.92. The van der Waals surface area contributed by atoms with Crippen LogP contribution in [0.15, 0.2) is 18.2 Å². The van der Waals surface area contributed by atoms with Gasteiger partial charge in [0.25, 0.3) is 0 Å². The molecule has 1 atom stereocenters. The van der Waals surface area contributed by atoms with Crippen LogP contribution in [0.2, 0.25) is 0 Å². The predicted molar refractivity (Wildman–Crippen MR) is 85.5 cm³/mol. The van der Waals surface area contributed by atoms with E-state index in [2.05, 4.69) is 37.5 Å². The van der Waals surface area contributed by atoms with E-state index in [0.29, 0.717) is 6.04 Å². The minimum Gasteiger partial charge on any atom is -0.496 e. The molecule has 0 saturated heterocycles. The van der Waals surface area contributed by atoms with Crippen molar-refractivity contribution in [3.63, 3.8) is 0 Å². The molecule has 0 aliphatic heterocycles. The molecule has 1 fully saturated rings. The van der Waals surface area contributed by atoms with Crippen LogP contribution in [0.3, 0.4) is 0 Å². The van der Waals surface area contributed by atoms with Gasteiger partial charge < -0.3 is 10.1 Å². The van der Waals surface area contributed by atoms with Crippen LogP contribution in [0.5, 0.6) is 5.75 Å². The Bertz CT molecular complexity index is 410. The second-order valence-electron chi connectivity index (χ2n) is 6.23. The van der Waals surface area contributed by atoms with Crippen molar-refractivity contribution in [3.05, 3.63) is 29.3 Å². The zero-order valence-electron chi connectivity index (χ0n) is 13.2. The summed E-state index contributed by atoms with van der Waals surface area (Å²) in [6, 6.07) is 7.04. The van der Waals surface area contributed by atoms with Crippen LogP contribution >= 0.6 is 0 Å². The third-order valence-corrected chi connectivity index (χ3v) is 4.71. The second-order valence-corrected chi connectivity index (χ2v) is 6.23. The predicted octanol–water partition coefficient (Wildman–Crippen LogP) is 4.10. The van der Waals surface area contributed by atoms with Gasteiger partial charge in [0.1, 0.15) is 5.75 Å². The molecule has 112 valence electrons. The molecule has 0 radical (unpaired) electrons. The summed E-state index contributed by atoms with van der Waals surface area (Å²) in [7, 11) is 3.85. The Morgan fingerprint density at radius 3 is 2.70 bits per heavy atom. The second kappa shape index (κ2) is 7.68. The van der Waals surface area contributed by atoms with Crippen molar-refractivity contribution in [3.8, 4) is 5.75 Å². The molecule has 1 aromatic carbocycles. The van der Waals surface area contributed by atoms with E-state index in [1.54, 1.807) is 7.11 Å². The van der Waals surface area contributed by atoms with Gasteiger partial charge in [0.05, 0.1) is 7.11 Å². The van der Waals surface area contributed by atoms with E-state index < -0.39 is 0 Å². The summed E-state index contributed by atoms with van der Waals surface area (Å²) in [6.07, 6.45) is 9.50. The van der Waals surface area contributed by atoms with Crippen LogP contribution in [0.25, 0.3) is 0 Å². The summed E-state index contributed by atoms with van der Waals surface area (Å²) in [5.41, 5.74) is 2.64. The molecule has 1 N–H and O–H groups in total. The van der Waals surface area contributed by atoms with Crippen molar-refractivity contribution in [2.24, 2.45) is 5.92 Å². The maximum absolute atomic E-state index is 5.50. The summed E-state index contributed by atoms with van der Waals surface area (Å²) in [6.45, 7) is 2.15. The Morgan fingerprint density at radius 1 is 1.30 bits per heavy atom. The number of rotatable bonds is 7. The molecule has 1 saturated carbocycles. The average Bonchev–Trinajstić information content (AvgIpc) is 2.97. The first-order valence-electron chi connectivity index (χ1n) is 8.03. The highest BCUT2D eigenvalue weighted by atomic mass is 16.5. The van der Waals surface area contributed by atoms with Crippen molar-refractivity contribution < 1.29 is 4.74 Å². The van der Waals surface area contributed by atoms with E-state index in [0.717, 1.165) is 18.1 Å². The first kappa shape index (κ1) is 15.4. The van der Waals surface area contributed by atoms with Gasteiger partial charge in [0.2, 0.25) is 0 Å². The Labute approximate surface area is 123 Å². The SMILES string of the molecule is CNC(CCC1CCCC1)Cc1cc(C)ccc1OC. The normalized spacial score (nSPS) is 17.4. The average molecular weight is 275 g/mol. The minimum absolute atomic E-state index is 0.561. The summed E-state index contributed by atoms with van der Waals surface area (Å²) >= 11 is 0. The van der Waals surface area contributed by atoms with E-state index in [4.69, 9.17) is 4.74 Å². The largest absolute Gasteiger partial charge is 0.496 e. The lowest BCUT2D eigenvalue weighted by atomic mass is 9.94. The number of ether oxygens (including phenoxy) is 1. The van der Waals surface area contributed by atoms with E-state index >= 15 is 0 Å². The topological polar surface area (TPSA) is 21.3 Å². The highest BCUT2D eigenvalue weighted by Crippen LogP contribution is 2.30. The fourth-order valence-electron chi connectivity index (χ4n) is 3.42. The number of nitrogens with one attached hydrogen (secondary N) is 1. The summed E-state index contributed by atoms with van der Waals surface area (Å²) in [5.74, 6) is 2.00. The van der Waals surface area contributed by atoms with Gasteiger partial charge in [-0.25, -0.2) is 0 Å². The molecule has 2 nitrogen and oxygen atoms in total. The molecule has 20 heavy (non-hydrogen) atoms. The number of benzene rings is 1. The zero-order chi connectivity index (χ0) is 14.4. The molecular formula is C18H29NO. The van der Waals surface area contributed by atoms with Crippen LogP contribution in [0, 0.1) is 12.8 Å². The maximum Gasteiger partial charge on any atom is 0.122 e. The van der Waals surface area contributed by atoms with Gasteiger partial charge in [0.15, 0.2) is 0 Å². The molecule has 1 aliphatic rings. The fraction of sp³-hybridized carbons (Fsp3) is 0.667. The first-order valence-corrected chi connectivity index (χ1v) is 8.03. The standard InChI is InChI=1S/C18H29NO/c1-14-8-11-18(20-3)16(12-14)13-17(19-2)10-9-15-6-4-5-7-15/h8,11-12,15,17,19H,4-7,9-10,13H2,1-3H3. The van der Waals surface area contributed by atoms with Crippen molar-refractivity contribution in [2.75, 3.05) is 14.2 Å². The molecule has 0 spiro atoms. The van der Waals surface area contributed by atoms with Crippen molar-refractivity contribution >= 4 is 0 Å².